The summed E-state index contributed by atoms with van der Waals surface area (Å²) < 4.78 is 1.44. The van der Waals surface area contributed by atoms with Gasteiger partial charge in [0.2, 0.25) is 5.91 Å². The van der Waals surface area contributed by atoms with E-state index in [1.165, 1.54) is 15.8 Å². The standard InChI is InChI=1S/C22H25N3O2S/c1-14(2)11-17(15-7-4-3-5-8-15)24-19(26)12-25-13-23-21-20(22(25)27)16-9-6-10-18(16)28-21/h3-5,7-8,13-14,17H,6,9-12H2,1-2H3,(H,24,26). The second kappa shape index (κ2) is 7.87. The Hall–Kier alpha value is -2.47. The Kier molecular flexibility index (Phi) is 5.31. The van der Waals surface area contributed by atoms with Gasteiger partial charge in [0.1, 0.15) is 11.4 Å². The molecule has 146 valence electrons. The van der Waals surface area contributed by atoms with Crippen LogP contribution >= 0.6 is 11.3 Å². The van der Waals surface area contributed by atoms with E-state index in [4.69, 9.17) is 0 Å². The number of fused-ring (bicyclic) bond motifs is 3. The molecule has 2 heterocycles. The fourth-order valence-electron chi connectivity index (χ4n) is 3.96. The van der Waals surface area contributed by atoms with Gasteiger partial charge >= 0.3 is 0 Å². The van der Waals surface area contributed by atoms with Gasteiger partial charge < -0.3 is 5.32 Å². The van der Waals surface area contributed by atoms with Gasteiger partial charge in [0.05, 0.1) is 17.8 Å². The van der Waals surface area contributed by atoms with E-state index in [2.05, 4.69) is 24.1 Å². The largest absolute Gasteiger partial charge is 0.348 e. The number of aromatic nitrogens is 2. The first kappa shape index (κ1) is 18.9. The predicted octanol–water partition coefficient (Wildman–Crippen LogP) is 3.85. The number of nitrogens with zero attached hydrogens (tertiary/aromatic N) is 2. The lowest BCUT2D eigenvalue weighted by Gasteiger charge is -2.21. The fourth-order valence-corrected chi connectivity index (χ4v) is 5.18. The van der Waals surface area contributed by atoms with Crippen LogP contribution in [0.15, 0.2) is 41.5 Å². The zero-order chi connectivity index (χ0) is 19.7. The number of thiophene rings is 1. The van der Waals surface area contributed by atoms with Crippen LogP contribution < -0.4 is 10.9 Å². The SMILES string of the molecule is CC(C)CC(NC(=O)Cn1cnc2sc3c(c2c1=O)CCC3)c1ccccc1. The molecule has 28 heavy (non-hydrogen) atoms. The Labute approximate surface area is 168 Å². The highest BCUT2D eigenvalue weighted by Gasteiger charge is 2.22. The van der Waals surface area contributed by atoms with Gasteiger partial charge in [-0.2, -0.15) is 0 Å². The normalized spacial score (nSPS) is 14.4. The Bertz CT molecular complexity index is 1050. The minimum Gasteiger partial charge on any atom is -0.348 e. The Morgan fingerprint density at radius 2 is 2.04 bits per heavy atom. The van der Waals surface area contributed by atoms with E-state index in [0.29, 0.717) is 5.92 Å². The quantitative estimate of drug-likeness (QED) is 0.689. The number of nitrogens with one attached hydrogen (secondary N) is 1. The number of carbonyl (C=O) groups excluding carboxylic acids is 1. The predicted molar refractivity (Wildman–Crippen MR) is 113 cm³/mol. The first-order valence-electron chi connectivity index (χ1n) is 9.87. The molecule has 6 heteroatoms. The van der Waals surface area contributed by atoms with Crippen molar-refractivity contribution in [1.82, 2.24) is 14.9 Å². The molecule has 0 radical (unpaired) electrons. The van der Waals surface area contributed by atoms with E-state index < -0.39 is 0 Å². The molecule has 1 unspecified atom stereocenters. The monoisotopic (exact) mass is 395 g/mol. The number of hydrogen-bond donors (Lipinski definition) is 1. The van der Waals surface area contributed by atoms with Crippen molar-refractivity contribution in [2.24, 2.45) is 5.92 Å². The van der Waals surface area contributed by atoms with Crippen LogP contribution in [0.25, 0.3) is 10.2 Å². The third-order valence-electron chi connectivity index (χ3n) is 5.25. The number of amides is 1. The van der Waals surface area contributed by atoms with Crippen LogP contribution in [0.1, 0.15) is 48.7 Å². The van der Waals surface area contributed by atoms with Gasteiger partial charge in [-0.15, -0.1) is 11.3 Å². The van der Waals surface area contributed by atoms with Crippen molar-refractivity contribution in [3.05, 3.63) is 63.0 Å². The molecule has 3 aromatic rings. The number of hydrogen-bond acceptors (Lipinski definition) is 4. The zero-order valence-corrected chi connectivity index (χ0v) is 17.1. The van der Waals surface area contributed by atoms with Gasteiger partial charge in [-0.3, -0.25) is 14.2 Å². The number of benzene rings is 1. The minimum atomic E-state index is -0.162. The smallest absolute Gasteiger partial charge is 0.262 e. The molecule has 0 aliphatic heterocycles. The third kappa shape index (κ3) is 3.74. The first-order chi connectivity index (χ1) is 13.5. The van der Waals surface area contributed by atoms with Crippen LogP contribution in [0, 0.1) is 5.92 Å². The van der Waals surface area contributed by atoms with Gasteiger partial charge in [0.15, 0.2) is 0 Å². The summed E-state index contributed by atoms with van der Waals surface area (Å²) in [7, 11) is 0. The molecule has 1 aliphatic rings. The molecule has 1 amide bonds. The van der Waals surface area contributed by atoms with Crippen LogP contribution in [0.5, 0.6) is 0 Å². The maximum absolute atomic E-state index is 13.0. The van der Waals surface area contributed by atoms with Crippen molar-refractivity contribution in [3.8, 4) is 0 Å². The molecule has 0 saturated carbocycles. The molecule has 0 fully saturated rings. The highest BCUT2D eigenvalue weighted by molar-refractivity contribution is 7.18. The van der Waals surface area contributed by atoms with Crippen molar-refractivity contribution in [3.63, 3.8) is 0 Å². The second-order valence-electron chi connectivity index (χ2n) is 7.88. The van der Waals surface area contributed by atoms with Gasteiger partial charge in [-0.25, -0.2) is 4.98 Å². The summed E-state index contributed by atoms with van der Waals surface area (Å²) in [6, 6.07) is 9.93. The molecule has 5 nitrogen and oxygen atoms in total. The Morgan fingerprint density at radius 1 is 1.25 bits per heavy atom. The highest BCUT2D eigenvalue weighted by Crippen LogP contribution is 2.34. The van der Waals surface area contributed by atoms with Crippen molar-refractivity contribution < 1.29 is 4.79 Å². The lowest BCUT2D eigenvalue weighted by atomic mass is 9.97. The van der Waals surface area contributed by atoms with Crippen LogP contribution in [0.2, 0.25) is 0 Å². The summed E-state index contributed by atoms with van der Waals surface area (Å²) in [4.78, 5) is 32.2. The summed E-state index contributed by atoms with van der Waals surface area (Å²) in [5.41, 5.74) is 2.13. The van der Waals surface area contributed by atoms with E-state index in [1.807, 2.05) is 30.3 Å². The van der Waals surface area contributed by atoms with E-state index in [0.717, 1.165) is 47.0 Å². The molecule has 0 spiro atoms. The topological polar surface area (TPSA) is 64.0 Å². The summed E-state index contributed by atoms with van der Waals surface area (Å²) >= 11 is 1.62. The fraction of sp³-hybridized carbons (Fsp3) is 0.409. The average Bonchev–Trinajstić information content (AvgIpc) is 3.25. The summed E-state index contributed by atoms with van der Waals surface area (Å²) in [5.74, 6) is 0.282. The third-order valence-corrected chi connectivity index (χ3v) is 6.45. The number of aryl methyl sites for hydroxylation is 2. The van der Waals surface area contributed by atoms with Crippen molar-refractivity contribution >= 4 is 27.5 Å². The Morgan fingerprint density at radius 3 is 2.79 bits per heavy atom. The van der Waals surface area contributed by atoms with Gasteiger partial charge in [0, 0.05) is 4.88 Å². The maximum Gasteiger partial charge on any atom is 0.262 e. The average molecular weight is 396 g/mol. The molecule has 1 N–H and O–H groups in total. The van der Waals surface area contributed by atoms with E-state index >= 15 is 0 Å². The number of rotatable bonds is 6. The van der Waals surface area contributed by atoms with Crippen LogP contribution in [0.4, 0.5) is 0 Å². The summed E-state index contributed by atoms with van der Waals surface area (Å²) in [6.07, 6.45) is 5.42. The molecule has 1 aromatic carbocycles. The van der Waals surface area contributed by atoms with Crippen molar-refractivity contribution in [2.45, 2.75) is 52.1 Å². The summed E-state index contributed by atoms with van der Waals surface area (Å²) in [5, 5.41) is 3.83. The van der Waals surface area contributed by atoms with Crippen LogP contribution in [0.3, 0.4) is 0 Å². The molecule has 1 aliphatic carbocycles. The number of carbonyl (C=O) groups is 1. The van der Waals surface area contributed by atoms with E-state index in [1.54, 1.807) is 11.3 Å². The minimum absolute atomic E-state index is 0.00613. The Balaban J connectivity index is 1.56. The molecular weight excluding hydrogens is 370 g/mol. The van der Waals surface area contributed by atoms with Gasteiger partial charge in [-0.1, -0.05) is 44.2 Å². The van der Waals surface area contributed by atoms with Crippen molar-refractivity contribution in [1.29, 1.82) is 0 Å². The zero-order valence-electron chi connectivity index (χ0n) is 16.3. The molecule has 2 aromatic heterocycles. The summed E-state index contributed by atoms with van der Waals surface area (Å²) in [6.45, 7) is 4.27. The molecule has 1 atom stereocenters. The first-order valence-corrected chi connectivity index (χ1v) is 10.7. The molecule has 0 saturated heterocycles. The molecule has 0 bridgehead atoms. The molecule has 4 rings (SSSR count). The van der Waals surface area contributed by atoms with Gasteiger partial charge in [0.25, 0.3) is 5.56 Å². The highest BCUT2D eigenvalue weighted by atomic mass is 32.1. The van der Waals surface area contributed by atoms with Crippen molar-refractivity contribution in [2.75, 3.05) is 0 Å². The second-order valence-corrected chi connectivity index (χ2v) is 8.96. The van der Waals surface area contributed by atoms with Gasteiger partial charge in [-0.05, 0) is 42.7 Å². The van der Waals surface area contributed by atoms with E-state index in [-0.39, 0.29) is 24.1 Å². The lowest BCUT2D eigenvalue weighted by molar-refractivity contribution is -0.122. The van der Waals surface area contributed by atoms with Crippen LogP contribution in [-0.4, -0.2) is 15.5 Å². The molecular formula is C22H25N3O2S. The lowest BCUT2D eigenvalue weighted by Crippen LogP contribution is -2.35. The van der Waals surface area contributed by atoms with E-state index in [9.17, 15) is 9.59 Å². The van der Waals surface area contributed by atoms with Crippen LogP contribution in [-0.2, 0) is 24.2 Å². The maximum atomic E-state index is 13.0.